The van der Waals surface area contributed by atoms with Crippen LogP contribution in [0.3, 0.4) is 0 Å². The summed E-state index contributed by atoms with van der Waals surface area (Å²) in [5.41, 5.74) is 0. The van der Waals surface area contributed by atoms with Gasteiger partial charge in [-0.2, -0.15) is 0 Å². The van der Waals surface area contributed by atoms with Gasteiger partial charge in [0.2, 0.25) is 0 Å². The Balaban J connectivity index is -0.000000250. The molecule has 0 radical (unpaired) electrons. The van der Waals surface area contributed by atoms with Crippen LogP contribution < -0.4 is 113 Å². The number of hydrogen-bond acceptors (Lipinski definition) is 6. The average Bonchev–Trinajstić information content (AvgIpc) is 2.76. The topological polar surface area (TPSA) is 98.7 Å². The van der Waals surface area contributed by atoms with E-state index in [9.17, 15) is 18.9 Å². The smallest absolute Gasteiger partial charge is 0.566 e. The van der Waals surface area contributed by atoms with Crippen LogP contribution in [0.2, 0.25) is 0 Å². The molecule has 0 spiro atoms. The van der Waals surface area contributed by atoms with Crippen molar-refractivity contribution < 1.29 is 131 Å². The van der Waals surface area contributed by atoms with E-state index < -0.39 is 16.5 Å². The van der Waals surface area contributed by atoms with Crippen molar-refractivity contribution in [3.8, 4) is 0 Å². The number of hydrogen-bond donors (Lipinski definition) is 0. The third kappa shape index (κ3) is 48.4. The summed E-state index contributed by atoms with van der Waals surface area (Å²) in [4.78, 5) is 20.1. The van der Waals surface area contributed by atoms with Crippen LogP contribution in [0.5, 0.6) is 0 Å². The maximum absolute atomic E-state index is 10.1. The van der Waals surface area contributed by atoms with E-state index in [1.54, 1.807) is 0 Å². The predicted octanol–water partition coefficient (Wildman–Crippen LogP) is 1.89. The Labute approximate surface area is 298 Å². The van der Waals surface area contributed by atoms with Gasteiger partial charge in [0.1, 0.15) is 13.2 Å². The molecular formula is C24H50K2O6P2+2. The Bertz CT molecular complexity index is 372. The van der Waals surface area contributed by atoms with Gasteiger partial charge in [0.15, 0.2) is 0 Å². The second kappa shape index (κ2) is 40.8. The molecule has 10 heteroatoms. The van der Waals surface area contributed by atoms with Crippen LogP contribution in [-0.4, -0.2) is 13.2 Å². The molecule has 0 aromatic rings. The fourth-order valence-electron chi connectivity index (χ4n) is 3.46. The van der Waals surface area contributed by atoms with E-state index in [2.05, 4.69) is 22.9 Å². The standard InChI is InChI=1S/2C12H25O3P.2K/c2*1-2-3-4-5-6-7-8-9-10-11-12-15-16(13)14;;/h2*2-12H2,1H3;;/q;;2*+1. The number of rotatable bonds is 24. The van der Waals surface area contributed by atoms with Crippen molar-refractivity contribution in [3.05, 3.63) is 0 Å². The van der Waals surface area contributed by atoms with Crippen LogP contribution >= 0.6 is 16.5 Å². The molecule has 6 nitrogen and oxygen atoms in total. The van der Waals surface area contributed by atoms with Gasteiger partial charge in [0.05, 0.1) is 0 Å². The zero-order valence-corrected chi connectivity index (χ0v) is 30.9. The molecule has 34 heavy (non-hydrogen) atoms. The maximum atomic E-state index is 10.1. The van der Waals surface area contributed by atoms with Gasteiger partial charge in [-0.15, -0.1) is 9.05 Å². The third-order valence-electron chi connectivity index (χ3n) is 5.39. The van der Waals surface area contributed by atoms with E-state index in [0.717, 1.165) is 25.7 Å². The van der Waals surface area contributed by atoms with Gasteiger partial charge < -0.3 is 9.79 Å². The molecule has 0 rings (SSSR count). The molecule has 0 amide bonds. The van der Waals surface area contributed by atoms with Gasteiger partial charge in [-0.1, -0.05) is 129 Å². The van der Waals surface area contributed by atoms with Crippen molar-refractivity contribution in [2.75, 3.05) is 13.2 Å². The Morgan fingerprint density at radius 2 is 0.647 bits per heavy atom. The first-order valence-electron chi connectivity index (χ1n) is 13.1. The molecule has 0 aliphatic heterocycles. The van der Waals surface area contributed by atoms with Crippen molar-refractivity contribution >= 4 is 16.5 Å². The molecule has 2 atom stereocenters. The Morgan fingerprint density at radius 1 is 0.441 bits per heavy atom. The minimum absolute atomic E-state index is 0. The first-order valence-corrected chi connectivity index (χ1v) is 15.3. The zero-order valence-electron chi connectivity index (χ0n) is 22.9. The van der Waals surface area contributed by atoms with Crippen molar-refractivity contribution in [3.63, 3.8) is 0 Å². The van der Waals surface area contributed by atoms with Gasteiger partial charge in [-0.25, -0.2) is 0 Å². The summed E-state index contributed by atoms with van der Waals surface area (Å²) in [6, 6.07) is 0. The fourth-order valence-corrected chi connectivity index (χ4v) is 4.01. The van der Waals surface area contributed by atoms with Gasteiger partial charge in [-0.05, 0) is 22.0 Å². The van der Waals surface area contributed by atoms with Crippen molar-refractivity contribution in [1.29, 1.82) is 0 Å². The molecule has 0 aliphatic carbocycles. The predicted molar refractivity (Wildman–Crippen MR) is 131 cm³/mol. The zero-order chi connectivity index (χ0) is 24.1. The summed E-state index contributed by atoms with van der Waals surface area (Å²) >= 11 is 0. The van der Waals surface area contributed by atoms with Gasteiger partial charge in [0.25, 0.3) is 0 Å². The maximum Gasteiger partial charge on any atom is 1.00 e. The molecule has 0 aliphatic rings. The van der Waals surface area contributed by atoms with E-state index in [1.807, 2.05) is 0 Å². The average molecular weight is 575 g/mol. The number of unbranched alkanes of at least 4 members (excludes halogenated alkanes) is 18. The van der Waals surface area contributed by atoms with E-state index in [1.165, 1.54) is 103 Å². The van der Waals surface area contributed by atoms with Gasteiger partial charge in [-0.3, -0.25) is 0 Å². The Hall–Kier alpha value is 3.31. The molecule has 0 heterocycles. The second-order valence-corrected chi connectivity index (χ2v) is 9.89. The van der Waals surface area contributed by atoms with Crippen LogP contribution in [0.4, 0.5) is 0 Å². The quantitative estimate of drug-likeness (QED) is 0.0992. The van der Waals surface area contributed by atoms with Crippen molar-refractivity contribution in [1.82, 2.24) is 0 Å². The summed E-state index contributed by atoms with van der Waals surface area (Å²) in [6.07, 6.45) is 25.0. The first-order chi connectivity index (χ1) is 15.5. The van der Waals surface area contributed by atoms with E-state index in [0.29, 0.717) is 13.2 Å². The first kappa shape index (κ1) is 44.3. The van der Waals surface area contributed by atoms with Crippen LogP contribution in [-0.2, 0) is 18.2 Å². The minimum atomic E-state index is -2.64. The minimum Gasteiger partial charge on any atom is -0.566 e. The molecule has 2 unspecified atom stereocenters. The SMILES string of the molecule is CCCCCCCCCCCCO[P+](=O)[O-].CCCCCCCCCCCCO[P+](=O)[O-].[K+].[K+]. The Morgan fingerprint density at radius 3 is 0.853 bits per heavy atom. The van der Waals surface area contributed by atoms with Crippen LogP contribution in [0.15, 0.2) is 0 Å². The van der Waals surface area contributed by atoms with E-state index in [-0.39, 0.29) is 103 Å². The van der Waals surface area contributed by atoms with Crippen LogP contribution in [0.25, 0.3) is 0 Å². The van der Waals surface area contributed by atoms with Gasteiger partial charge in [0, 0.05) is 0 Å². The molecule has 0 saturated carbocycles. The second-order valence-electron chi connectivity index (χ2n) is 8.48. The summed E-state index contributed by atoms with van der Waals surface area (Å²) in [6.45, 7) is 5.18. The van der Waals surface area contributed by atoms with Gasteiger partial charge >= 0.3 is 119 Å². The molecular weight excluding hydrogens is 524 g/mol. The fraction of sp³-hybridized carbons (Fsp3) is 1.00. The largest absolute Gasteiger partial charge is 1.00 e. The molecule has 0 aromatic carbocycles. The molecule has 192 valence electrons. The normalized spacial score (nSPS) is 11.1. The summed E-state index contributed by atoms with van der Waals surface area (Å²) in [7, 11) is -5.27. The van der Waals surface area contributed by atoms with Crippen molar-refractivity contribution in [2.45, 2.75) is 142 Å². The summed E-state index contributed by atoms with van der Waals surface area (Å²) in [5.74, 6) is 0. The third-order valence-corrected chi connectivity index (χ3v) is 6.18. The van der Waals surface area contributed by atoms with E-state index in [4.69, 9.17) is 0 Å². The summed E-state index contributed by atoms with van der Waals surface area (Å²) < 4.78 is 29.1. The van der Waals surface area contributed by atoms with Crippen molar-refractivity contribution in [2.24, 2.45) is 0 Å². The molecule has 0 fully saturated rings. The van der Waals surface area contributed by atoms with Crippen LogP contribution in [0.1, 0.15) is 142 Å². The Kier molecular flexibility index (Phi) is 53.2. The van der Waals surface area contributed by atoms with E-state index >= 15 is 0 Å². The summed E-state index contributed by atoms with van der Waals surface area (Å²) in [5, 5.41) is 0. The van der Waals surface area contributed by atoms with Crippen LogP contribution in [0, 0.1) is 0 Å². The molecule has 0 saturated heterocycles. The molecule has 0 N–H and O–H groups in total. The molecule has 0 bridgehead atoms. The monoisotopic (exact) mass is 574 g/mol. The molecule has 0 aromatic heterocycles.